The topological polar surface area (TPSA) is 63.6 Å². The van der Waals surface area contributed by atoms with Crippen LogP contribution in [0.3, 0.4) is 0 Å². The second-order valence-electron chi connectivity index (χ2n) is 10.4. The summed E-state index contributed by atoms with van der Waals surface area (Å²) in [6.07, 6.45) is 8.19. The lowest BCUT2D eigenvalue weighted by molar-refractivity contribution is -0.130. The zero-order valence-corrected chi connectivity index (χ0v) is 21.6. The molecule has 0 bridgehead atoms. The Bertz CT molecular complexity index is 1120. The molecule has 0 radical (unpaired) electrons. The molecule has 4 rings (SSSR count). The van der Waals surface area contributed by atoms with Gasteiger partial charge >= 0.3 is 0 Å². The molecule has 0 spiro atoms. The van der Waals surface area contributed by atoms with Gasteiger partial charge in [0.1, 0.15) is 11.6 Å². The fraction of sp³-hybridized carbons (Fsp3) is 0.500. The molecule has 1 N–H and O–H groups in total. The van der Waals surface area contributed by atoms with Crippen LogP contribution in [0.2, 0.25) is 0 Å². The molecule has 2 aliphatic carbocycles. The van der Waals surface area contributed by atoms with Crippen molar-refractivity contribution in [2.24, 2.45) is 17.8 Å². The number of phenols is 1. The van der Waals surface area contributed by atoms with Crippen LogP contribution in [0.5, 0.6) is 11.5 Å². The van der Waals surface area contributed by atoms with Crippen LogP contribution in [0.1, 0.15) is 87.3 Å². The van der Waals surface area contributed by atoms with Crippen molar-refractivity contribution >= 4 is 11.6 Å². The minimum Gasteiger partial charge on any atom is -0.504 e. The second kappa shape index (κ2) is 12.3. The van der Waals surface area contributed by atoms with E-state index in [2.05, 4.69) is 30.9 Å². The molecule has 190 valence electrons. The maximum absolute atomic E-state index is 13.4. The number of hydrogen-bond acceptors (Lipinski definition) is 4. The van der Waals surface area contributed by atoms with Crippen molar-refractivity contribution in [2.75, 3.05) is 7.11 Å². The van der Waals surface area contributed by atoms with Crippen LogP contribution < -0.4 is 4.74 Å². The molecule has 0 saturated heterocycles. The second-order valence-corrected chi connectivity index (χ2v) is 10.4. The summed E-state index contributed by atoms with van der Waals surface area (Å²) in [7, 11) is 1.52. The molecule has 36 heavy (non-hydrogen) atoms. The van der Waals surface area contributed by atoms with Crippen LogP contribution in [0.4, 0.5) is 0 Å². The summed E-state index contributed by atoms with van der Waals surface area (Å²) in [5, 5.41) is 10.6. The van der Waals surface area contributed by atoms with E-state index < -0.39 is 0 Å². The maximum Gasteiger partial charge on any atom is 0.160 e. The number of ether oxygens (including phenoxy) is 1. The van der Waals surface area contributed by atoms with E-state index in [-0.39, 0.29) is 47.9 Å². The summed E-state index contributed by atoms with van der Waals surface area (Å²) in [5.74, 6) is 7.65. The standard InChI is InChI=1S/C32H38O4/c1-3-4-9-22-10-8-13-24-15-17-27(23-11-6-5-7-12-23)28-21-31(35)32(36-2)19-25(28)14-16-26(33)20-30(34)29(24)18-22/h5-7,11-12,19,21-22,24,27,29,35H,3-4,8-10,13-14,16,18,20H2,1-2H3/t22-,24-,27-,29+/m0/s1. The number of ketones is 2. The molecular weight excluding hydrogens is 448 g/mol. The van der Waals surface area contributed by atoms with Gasteiger partial charge in [0.2, 0.25) is 0 Å². The highest BCUT2D eigenvalue weighted by Crippen LogP contribution is 2.39. The number of hydrogen-bond donors (Lipinski definition) is 1. The quantitative estimate of drug-likeness (QED) is 0.381. The van der Waals surface area contributed by atoms with Gasteiger partial charge < -0.3 is 9.84 Å². The third-order valence-corrected chi connectivity index (χ3v) is 7.92. The molecule has 4 heteroatoms. The SMILES string of the molecule is CCCC[C@H]1CCC[C@H]2C#C[C@@H](c3ccccc3)c3cc(O)c(OC)cc3CCC(=O)CC(=O)[C@@H]2C1. The summed E-state index contributed by atoms with van der Waals surface area (Å²) >= 11 is 0. The van der Waals surface area contributed by atoms with E-state index in [1.807, 2.05) is 24.3 Å². The Balaban J connectivity index is 1.81. The van der Waals surface area contributed by atoms with Gasteiger partial charge in [-0.1, -0.05) is 81.2 Å². The van der Waals surface area contributed by atoms with Crippen molar-refractivity contribution in [3.05, 3.63) is 59.2 Å². The molecule has 0 aromatic heterocycles. The van der Waals surface area contributed by atoms with Gasteiger partial charge in [0.25, 0.3) is 0 Å². The third kappa shape index (κ3) is 6.19. The van der Waals surface area contributed by atoms with Crippen molar-refractivity contribution in [3.8, 4) is 23.3 Å². The molecule has 0 aliphatic heterocycles. The van der Waals surface area contributed by atoms with Crippen molar-refractivity contribution < 1.29 is 19.4 Å². The molecule has 4 nitrogen and oxygen atoms in total. The largest absolute Gasteiger partial charge is 0.504 e. The van der Waals surface area contributed by atoms with Crippen molar-refractivity contribution in [1.29, 1.82) is 0 Å². The number of aromatic hydroxyl groups is 1. The first-order chi connectivity index (χ1) is 17.5. The Labute approximate surface area is 215 Å². The maximum atomic E-state index is 13.4. The number of Topliss-reactive ketones (excluding diaryl/α,β-unsaturated/α-hetero) is 2. The Morgan fingerprint density at radius 1 is 1.06 bits per heavy atom. The first-order valence-corrected chi connectivity index (χ1v) is 13.5. The normalized spacial score (nSPS) is 24.7. The zero-order chi connectivity index (χ0) is 25.5. The fourth-order valence-electron chi connectivity index (χ4n) is 5.89. The highest BCUT2D eigenvalue weighted by atomic mass is 16.5. The Hall–Kier alpha value is -3.06. The number of fused-ring (bicyclic) bond motifs is 2. The molecule has 2 aromatic rings. The number of carbonyl (C=O) groups is 2. The first kappa shape index (κ1) is 26.0. The van der Waals surface area contributed by atoms with Crippen LogP contribution in [-0.4, -0.2) is 23.8 Å². The van der Waals surface area contributed by atoms with E-state index in [9.17, 15) is 14.7 Å². The van der Waals surface area contributed by atoms with Crippen molar-refractivity contribution in [2.45, 2.75) is 77.0 Å². The van der Waals surface area contributed by atoms with E-state index in [0.29, 0.717) is 18.1 Å². The molecule has 2 aliphatic rings. The van der Waals surface area contributed by atoms with Gasteiger partial charge in [-0.25, -0.2) is 0 Å². The molecule has 0 amide bonds. The number of aryl methyl sites for hydroxylation is 1. The summed E-state index contributed by atoms with van der Waals surface area (Å²) in [6, 6.07) is 13.6. The van der Waals surface area contributed by atoms with E-state index >= 15 is 0 Å². The van der Waals surface area contributed by atoms with E-state index in [4.69, 9.17) is 4.74 Å². The van der Waals surface area contributed by atoms with Crippen molar-refractivity contribution in [3.63, 3.8) is 0 Å². The number of benzene rings is 2. The molecule has 4 atom stereocenters. The molecule has 0 unspecified atom stereocenters. The predicted octanol–water partition coefficient (Wildman–Crippen LogP) is 6.62. The highest BCUT2D eigenvalue weighted by Gasteiger charge is 2.33. The summed E-state index contributed by atoms with van der Waals surface area (Å²) in [5.41, 5.74) is 2.86. The van der Waals surface area contributed by atoms with Crippen LogP contribution >= 0.6 is 0 Å². The van der Waals surface area contributed by atoms with Gasteiger partial charge in [-0.05, 0) is 54.0 Å². The predicted molar refractivity (Wildman–Crippen MR) is 142 cm³/mol. The molecule has 2 aromatic carbocycles. The Kier molecular flexibility index (Phi) is 8.86. The monoisotopic (exact) mass is 486 g/mol. The van der Waals surface area contributed by atoms with Gasteiger partial charge in [-0.15, -0.1) is 0 Å². The minimum atomic E-state index is -0.262. The molecule has 1 fully saturated rings. The number of phenolic OH excluding ortho intramolecular Hbond substituents is 1. The van der Waals surface area contributed by atoms with Gasteiger partial charge in [0.15, 0.2) is 11.5 Å². The van der Waals surface area contributed by atoms with Gasteiger partial charge in [-0.2, -0.15) is 0 Å². The average Bonchev–Trinajstić information content (AvgIpc) is 3.09. The molecule has 1 saturated carbocycles. The fourth-order valence-corrected chi connectivity index (χ4v) is 5.89. The van der Waals surface area contributed by atoms with Crippen molar-refractivity contribution in [1.82, 2.24) is 0 Å². The Morgan fingerprint density at radius 2 is 1.86 bits per heavy atom. The van der Waals surface area contributed by atoms with E-state index in [1.165, 1.54) is 13.5 Å². The van der Waals surface area contributed by atoms with Gasteiger partial charge in [0.05, 0.1) is 19.4 Å². The highest BCUT2D eigenvalue weighted by molar-refractivity contribution is 6.00. The van der Waals surface area contributed by atoms with Crippen LogP contribution in [0, 0.1) is 29.6 Å². The van der Waals surface area contributed by atoms with E-state index in [1.54, 1.807) is 6.07 Å². The smallest absolute Gasteiger partial charge is 0.160 e. The van der Waals surface area contributed by atoms with Crippen LogP contribution in [0.15, 0.2) is 42.5 Å². The summed E-state index contributed by atoms with van der Waals surface area (Å²) in [4.78, 5) is 26.4. The first-order valence-electron chi connectivity index (χ1n) is 13.5. The number of methoxy groups -OCH3 is 1. The lowest BCUT2D eigenvalue weighted by atomic mass is 9.78. The Morgan fingerprint density at radius 3 is 2.61 bits per heavy atom. The molecular formula is C32H38O4. The van der Waals surface area contributed by atoms with E-state index in [0.717, 1.165) is 55.2 Å². The third-order valence-electron chi connectivity index (χ3n) is 7.92. The number of unbranched alkanes of at least 4 members (excludes halogenated alkanes) is 1. The number of carbonyl (C=O) groups excluding carboxylic acids is 2. The lowest BCUT2D eigenvalue weighted by Crippen LogP contribution is -2.26. The average molecular weight is 487 g/mol. The minimum absolute atomic E-state index is 0.00396. The molecule has 0 heterocycles. The van der Waals surface area contributed by atoms with Gasteiger partial charge in [0, 0.05) is 18.3 Å². The zero-order valence-electron chi connectivity index (χ0n) is 21.6. The summed E-state index contributed by atoms with van der Waals surface area (Å²) in [6.45, 7) is 2.21. The van der Waals surface area contributed by atoms with Gasteiger partial charge in [-0.3, -0.25) is 9.59 Å². The lowest BCUT2D eigenvalue weighted by Gasteiger charge is -2.24. The van der Waals surface area contributed by atoms with Crippen LogP contribution in [-0.2, 0) is 16.0 Å². The van der Waals surface area contributed by atoms with Crippen LogP contribution in [0.25, 0.3) is 0 Å². The summed E-state index contributed by atoms with van der Waals surface area (Å²) < 4.78 is 5.37. The number of rotatable bonds is 5.